The third kappa shape index (κ3) is 4.60. The topological polar surface area (TPSA) is 24.5 Å². The average Bonchev–Trinajstić information content (AvgIpc) is 2.45. The van der Waals surface area contributed by atoms with Gasteiger partial charge in [0.25, 0.3) is 0 Å². The highest BCUT2D eigenvalue weighted by Crippen LogP contribution is 2.35. The molecule has 0 unspecified atom stereocenters. The zero-order valence-electron chi connectivity index (χ0n) is 13.4. The Hall–Kier alpha value is -0.770. The summed E-state index contributed by atoms with van der Waals surface area (Å²) in [5, 5.41) is 4.25. The van der Waals surface area contributed by atoms with Gasteiger partial charge in [0, 0.05) is 49.6 Å². The summed E-state index contributed by atoms with van der Waals surface area (Å²) in [6.07, 6.45) is 2.46. The average molecular weight is 311 g/mol. The summed E-state index contributed by atoms with van der Waals surface area (Å²) in [5.41, 5.74) is 2.95. The van der Waals surface area contributed by atoms with Crippen LogP contribution >= 0.6 is 11.6 Å². The Kier molecular flexibility index (Phi) is 5.91. The first-order valence-corrected chi connectivity index (χ1v) is 8.13. The minimum atomic E-state index is 0.464. The number of halogens is 1. The van der Waals surface area contributed by atoms with Gasteiger partial charge in [-0.15, -0.1) is 0 Å². The van der Waals surface area contributed by atoms with Gasteiger partial charge in [-0.05, 0) is 30.4 Å². The molecule has 0 atom stereocenters. The lowest BCUT2D eigenvalue weighted by Gasteiger charge is -2.39. The minimum absolute atomic E-state index is 0.464. The maximum absolute atomic E-state index is 6.42. The molecule has 4 heteroatoms. The van der Waals surface area contributed by atoms with Gasteiger partial charge in [-0.25, -0.2) is 0 Å². The molecule has 2 rings (SSSR count). The van der Waals surface area contributed by atoms with Crippen LogP contribution in [0.15, 0.2) is 18.2 Å². The largest absolute Gasteiger partial charge is 0.383 e. The fourth-order valence-corrected chi connectivity index (χ4v) is 3.00. The maximum Gasteiger partial charge on any atom is 0.0587 e. The number of piperidine rings is 1. The molecule has 0 spiro atoms. The molecule has 0 saturated carbocycles. The Morgan fingerprint density at radius 2 is 2.00 bits per heavy atom. The molecule has 21 heavy (non-hydrogen) atoms. The lowest BCUT2D eigenvalue weighted by Crippen LogP contribution is -2.38. The standard InChI is InChI=1S/C17H27ClN2O/c1-17(2)7-10-20(11-8-17)16-6-4-5-15(18)14(16)13-19-9-12-21-3/h4-6,19H,7-13H2,1-3H3. The van der Waals surface area contributed by atoms with Gasteiger partial charge in [0.1, 0.15) is 0 Å². The van der Waals surface area contributed by atoms with E-state index in [1.165, 1.54) is 24.1 Å². The van der Waals surface area contributed by atoms with E-state index in [9.17, 15) is 0 Å². The van der Waals surface area contributed by atoms with E-state index in [1.807, 2.05) is 6.07 Å². The molecular formula is C17H27ClN2O. The normalized spacial score (nSPS) is 18.0. The molecule has 1 N–H and O–H groups in total. The van der Waals surface area contributed by atoms with E-state index >= 15 is 0 Å². The second-order valence-electron chi connectivity index (χ2n) is 6.56. The Labute approximate surface area is 133 Å². The number of hydrogen-bond donors (Lipinski definition) is 1. The molecule has 118 valence electrons. The summed E-state index contributed by atoms with van der Waals surface area (Å²) in [5.74, 6) is 0. The Balaban J connectivity index is 2.06. The lowest BCUT2D eigenvalue weighted by atomic mass is 9.82. The van der Waals surface area contributed by atoms with E-state index in [1.54, 1.807) is 7.11 Å². The molecule has 1 aromatic carbocycles. The van der Waals surface area contributed by atoms with Crippen LogP contribution in [0.5, 0.6) is 0 Å². The molecule has 0 bridgehead atoms. The number of ether oxygens (including phenoxy) is 1. The molecule has 0 radical (unpaired) electrons. The number of nitrogens with one attached hydrogen (secondary N) is 1. The molecule has 1 fully saturated rings. The van der Waals surface area contributed by atoms with Crippen LogP contribution in [0.1, 0.15) is 32.3 Å². The van der Waals surface area contributed by atoms with Crippen molar-refractivity contribution in [1.82, 2.24) is 5.32 Å². The van der Waals surface area contributed by atoms with Crippen LogP contribution in [0.4, 0.5) is 5.69 Å². The van der Waals surface area contributed by atoms with Crippen LogP contribution in [-0.2, 0) is 11.3 Å². The predicted octanol–water partition coefficient (Wildman–Crippen LogP) is 3.70. The van der Waals surface area contributed by atoms with Gasteiger partial charge in [-0.1, -0.05) is 31.5 Å². The van der Waals surface area contributed by atoms with E-state index in [0.717, 1.165) is 37.8 Å². The monoisotopic (exact) mass is 310 g/mol. The molecule has 1 saturated heterocycles. The summed E-state index contributed by atoms with van der Waals surface area (Å²) < 4.78 is 5.07. The van der Waals surface area contributed by atoms with Crippen molar-refractivity contribution in [1.29, 1.82) is 0 Å². The van der Waals surface area contributed by atoms with Crippen molar-refractivity contribution in [2.75, 3.05) is 38.3 Å². The minimum Gasteiger partial charge on any atom is -0.383 e. The van der Waals surface area contributed by atoms with Crippen molar-refractivity contribution in [3.63, 3.8) is 0 Å². The Morgan fingerprint density at radius 3 is 2.67 bits per heavy atom. The Bertz CT molecular complexity index is 452. The number of anilines is 1. The number of hydrogen-bond acceptors (Lipinski definition) is 3. The van der Waals surface area contributed by atoms with E-state index in [-0.39, 0.29) is 0 Å². The molecule has 3 nitrogen and oxygen atoms in total. The first-order chi connectivity index (χ1) is 10.0. The predicted molar refractivity (Wildman–Crippen MR) is 90.3 cm³/mol. The van der Waals surface area contributed by atoms with Gasteiger partial charge >= 0.3 is 0 Å². The molecular weight excluding hydrogens is 284 g/mol. The smallest absolute Gasteiger partial charge is 0.0587 e. The van der Waals surface area contributed by atoms with Gasteiger partial charge in [0.05, 0.1) is 6.61 Å². The highest BCUT2D eigenvalue weighted by atomic mass is 35.5. The second kappa shape index (κ2) is 7.48. The third-order valence-corrected chi connectivity index (χ3v) is 4.69. The van der Waals surface area contributed by atoms with Crippen molar-refractivity contribution in [3.8, 4) is 0 Å². The van der Waals surface area contributed by atoms with E-state index in [2.05, 4.69) is 36.2 Å². The van der Waals surface area contributed by atoms with Crippen LogP contribution in [0.2, 0.25) is 5.02 Å². The SMILES string of the molecule is COCCNCc1c(Cl)cccc1N1CCC(C)(C)CC1. The van der Waals surface area contributed by atoms with Gasteiger partial charge in [0.2, 0.25) is 0 Å². The number of methoxy groups -OCH3 is 1. The van der Waals surface area contributed by atoms with Gasteiger partial charge in [-0.2, -0.15) is 0 Å². The van der Waals surface area contributed by atoms with Gasteiger partial charge in [-0.3, -0.25) is 0 Å². The van der Waals surface area contributed by atoms with Crippen molar-refractivity contribution < 1.29 is 4.74 Å². The van der Waals surface area contributed by atoms with Crippen LogP contribution in [-0.4, -0.2) is 33.4 Å². The van der Waals surface area contributed by atoms with E-state index in [0.29, 0.717) is 5.41 Å². The zero-order valence-corrected chi connectivity index (χ0v) is 14.2. The molecule has 1 aliphatic rings. The van der Waals surface area contributed by atoms with Gasteiger partial charge < -0.3 is 15.0 Å². The highest BCUT2D eigenvalue weighted by Gasteiger charge is 2.26. The summed E-state index contributed by atoms with van der Waals surface area (Å²) in [6.45, 7) is 9.28. The first kappa shape index (κ1) is 16.6. The molecule has 0 aromatic heterocycles. The summed E-state index contributed by atoms with van der Waals surface area (Å²) in [6, 6.07) is 6.22. The van der Waals surface area contributed by atoms with Crippen LogP contribution < -0.4 is 10.2 Å². The fraction of sp³-hybridized carbons (Fsp3) is 0.647. The molecule has 1 aliphatic heterocycles. The van der Waals surface area contributed by atoms with Crippen LogP contribution in [0.25, 0.3) is 0 Å². The Morgan fingerprint density at radius 1 is 1.29 bits per heavy atom. The lowest BCUT2D eigenvalue weighted by molar-refractivity contribution is 0.199. The van der Waals surface area contributed by atoms with Crippen molar-refractivity contribution in [2.24, 2.45) is 5.41 Å². The molecule has 1 heterocycles. The van der Waals surface area contributed by atoms with Crippen molar-refractivity contribution in [2.45, 2.75) is 33.2 Å². The maximum atomic E-state index is 6.42. The number of nitrogens with zero attached hydrogens (tertiary/aromatic N) is 1. The zero-order chi connectivity index (χ0) is 15.3. The van der Waals surface area contributed by atoms with Gasteiger partial charge in [0.15, 0.2) is 0 Å². The van der Waals surface area contributed by atoms with Crippen molar-refractivity contribution >= 4 is 17.3 Å². The second-order valence-corrected chi connectivity index (χ2v) is 6.97. The first-order valence-electron chi connectivity index (χ1n) is 7.75. The van der Waals surface area contributed by atoms with Crippen LogP contribution in [0.3, 0.4) is 0 Å². The summed E-state index contributed by atoms with van der Waals surface area (Å²) in [4.78, 5) is 2.48. The van der Waals surface area contributed by atoms with Crippen molar-refractivity contribution in [3.05, 3.63) is 28.8 Å². The van der Waals surface area contributed by atoms with E-state index < -0.39 is 0 Å². The fourth-order valence-electron chi connectivity index (χ4n) is 2.76. The molecule has 0 amide bonds. The molecule has 0 aliphatic carbocycles. The summed E-state index contributed by atoms with van der Waals surface area (Å²) >= 11 is 6.42. The molecule has 1 aromatic rings. The number of benzene rings is 1. The number of rotatable bonds is 6. The quantitative estimate of drug-likeness (QED) is 0.811. The van der Waals surface area contributed by atoms with E-state index in [4.69, 9.17) is 16.3 Å². The third-order valence-electron chi connectivity index (χ3n) is 4.34. The highest BCUT2D eigenvalue weighted by molar-refractivity contribution is 6.31. The van der Waals surface area contributed by atoms with Crippen LogP contribution in [0, 0.1) is 5.41 Å². The summed E-state index contributed by atoms with van der Waals surface area (Å²) in [7, 11) is 1.72.